The largest absolute Gasteiger partial charge is 0.506 e. The molecule has 2 aromatic rings. The summed E-state index contributed by atoms with van der Waals surface area (Å²) < 4.78 is 6.32. The van der Waals surface area contributed by atoms with Crippen LogP contribution in [-0.2, 0) is 11.3 Å². The van der Waals surface area contributed by atoms with Crippen LogP contribution in [0.15, 0.2) is 23.1 Å². The molecule has 1 N–H and O–H groups in total. The molecule has 0 radical (unpaired) electrons. The molecule has 22 heavy (non-hydrogen) atoms. The average molecular weight is 304 g/mol. The minimum atomic E-state index is -0.811. The molecular formula is C16H20N2O4. The highest BCUT2D eigenvalue weighted by molar-refractivity contribution is 5.98. The van der Waals surface area contributed by atoms with Crippen molar-refractivity contribution in [1.82, 2.24) is 9.55 Å². The lowest BCUT2D eigenvalue weighted by Crippen LogP contribution is -2.29. The smallest absolute Gasteiger partial charge is 0.347 e. The Balaban J connectivity index is 2.70. The summed E-state index contributed by atoms with van der Waals surface area (Å²) in [5, 5.41) is 10.6. The quantitative estimate of drug-likeness (QED) is 0.857. The monoisotopic (exact) mass is 304 g/mol. The molecule has 0 atom stereocenters. The highest BCUT2D eigenvalue weighted by atomic mass is 16.5. The number of esters is 1. The van der Waals surface area contributed by atoms with E-state index in [1.807, 2.05) is 13.8 Å². The molecule has 0 bridgehead atoms. The van der Waals surface area contributed by atoms with Crippen LogP contribution >= 0.6 is 0 Å². The van der Waals surface area contributed by atoms with E-state index in [9.17, 15) is 14.7 Å². The van der Waals surface area contributed by atoms with Crippen molar-refractivity contribution in [2.75, 3.05) is 6.61 Å². The van der Waals surface area contributed by atoms with Gasteiger partial charge in [0, 0.05) is 12.7 Å². The molecule has 0 unspecified atom stereocenters. The van der Waals surface area contributed by atoms with E-state index in [0.717, 1.165) is 6.42 Å². The first kappa shape index (κ1) is 16.0. The second-order valence-corrected chi connectivity index (χ2v) is 5.46. The van der Waals surface area contributed by atoms with Crippen molar-refractivity contribution in [1.29, 1.82) is 0 Å². The number of pyridine rings is 2. The summed E-state index contributed by atoms with van der Waals surface area (Å²) in [7, 11) is 0. The number of aromatic hydroxyl groups is 1. The van der Waals surface area contributed by atoms with Gasteiger partial charge in [-0.15, -0.1) is 0 Å². The topological polar surface area (TPSA) is 81.4 Å². The van der Waals surface area contributed by atoms with E-state index in [1.165, 1.54) is 4.57 Å². The molecule has 0 fully saturated rings. The van der Waals surface area contributed by atoms with Crippen LogP contribution in [0.4, 0.5) is 0 Å². The van der Waals surface area contributed by atoms with E-state index < -0.39 is 11.5 Å². The fourth-order valence-corrected chi connectivity index (χ4v) is 2.25. The van der Waals surface area contributed by atoms with Gasteiger partial charge in [0.25, 0.3) is 5.56 Å². The van der Waals surface area contributed by atoms with Crippen LogP contribution < -0.4 is 5.56 Å². The molecule has 0 aliphatic heterocycles. The predicted octanol–water partition coefficient (Wildman–Crippen LogP) is 2.32. The average Bonchev–Trinajstić information content (AvgIpc) is 2.47. The minimum absolute atomic E-state index is 0.134. The van der Waals surface area contributed by atoms with Gasteiger partial charge >= 0.3 is 5.97 Å². The van der Waals surface area contributed by atoms with Crippen molar-refractivity contribution >= 4 is 17.0 Å². The Labute approximate surface area is 128 Å². The lowest BCUT2D eigenvalue weighted by Gasteiger charge is -2.14. The van der Waals surface area contributed by atoms with Gasteiger partial charge in [-0.05, 0) is 31.4 Å². The van der Waals surface area contributed by atoms with Crippen molar-refractivity contribution in [3.63, 3.8) is 0 Å². The molecule has 0 saturated heterocycles. The molecule has 0 aliphatic rings. The zero-order chi connectivity index (χ0) is 16.3. The molecule has 0 saturated carbocycles. The number of fused-ring (bicyclic) bond motifs is 1. The van der Waals surface area contributed by atoms with Crippen LogP contribution in [-0.4, -0.2) is 27.2 Å². The fraction of sp³-hybridized carbons (Fsp3) is 0.438. The molecule has 2 heterocycles. The Kier molecular flexibility index (Phi) is 4.80. The number of nitrogens with zero attached hydrogens (tertiary/aromatic N) is 2. The summed E-state index contributed by atoms with van der Waals surface area (Å²) in [6.45, 7) is 6.31. The van der Waals surface area contributed by atoms with Gasteiger partial charge in [0.15, 0.2) is 5.56 Å². The number of carbonyl (C=O) groups excluding carboxylic acids is 1. The Morgan fingerprint density at radius 3 is 2.82 bits per heavy atom. The van der Waals surface area contributed by atoms with Crippen molar-refractivity contribution in [2.24, 2.45) is 5.92 Å². The van der Waals surface area contributed by atoms with Gasteiger partial charge in [0.2, 0.25) is 0 Å². The molecule has 0 aliphatic carbocycles. The number of carbonyl (C=O) groups is 1. The zero-order valence-corrected chi connectivity index (χ0v) is 13.0. The van der Waals surface area contributed by atoms with Crippen molar-refractivity contribution in [2.45, 2.75) is 33.7 Å². The Bertz CT molecular complexity index is 750. The number of aromatic nitrogens is 2. The van der Waals surface area contributed by atoms with E-state index in [-0.39, 0.29) is 17.9 Å². The van der Waals surface area contributed by atoms with Gasteiger partial charge in [-0.3, -0.25) is 9.36 Å². The normalized spacial score (nSPS) is 11.1. The lowest BCUT2D eigenvalue weighted by atomic mass is 10.1. The van der Waals surface area contributed by atoms with Gasteiger partial charge in [-0.1, -0.05) is 13.8 Å². The second-order valence-electron chi connectivity index (χ2n) is 5.46. The third kappa shape index (κ3) is 2.95. The van der Waals surface area contributed by atoms with Crippen LogP contribution in [0.2, 0.25) is 0 Å². The van der Waals surface area contributed by atoms with Crippen LogP contribution in [0.3, 0.4) is 0 Å². The SMILES string of the molecule is CCOC(=O)c1c(O)c2cccnc2n(CCC(C)C)c1=O. The molecule has 2 aromatic heterocycles. The molecule has 0 aromatic carbocycles. The van der Waals surface area contributed by atoms with Gasteiger partial charge in [-0.2, -0.15) is 0 Å². The summed E-state index contributed by atoms with van der Waals surface area (Å²) >= 11 is 0. The van der Waals surface area contributed by atoms with Crippen LogP contribution in [0.25, 0.3) is 11.0 Å². The number of hydrogen-bond donors (Lipinski definition) is 1. The molecule has 0 amide bonds. The van der Waals surface area contributed by atoms with E-state index in [0.29, 0.717) is 23.5 Å². The first-order valence-electron chi connectivity index (χ1n) is 7.35. The van der Waals surface area contributed by atoms with E-state index in [4.69, 9.17) is 4.74 Å². The Hall–Kier alpha value is -2.37. The molecule has 6 heteroatoms. The fourth-order valence-electron chi connectivity index (χ4n) is 2.25. The maximum Gasteiger partial charge on any atom is 0.347 e. The summed E-state index contributed by atoms with van der Waals surface area (Å²) in [6, 6.07) is 3.28. The van der Waals surface area contributed by atoms with E-state index in [1.54, 1.807) is 25.3 Å². The summed E-state index contributed by atoms with van der Waals surface area (Å²) in [5.41, 5.74) is -0.521. The third-order valence-electron chi connectivity index (χ3n) is 3.40. The minimum Gasteiger partial charge on any atom is -0.506 e. The molecular weight excluding hydrogens is 284 g/mol. The standard InChI is InChI=1S/C16H20N2O4/c1-4-22-16(21)12-13(19)11-6-5-8-17-14(11)18(15(12)20)9-7-10(2)3/h5-6,8,10,19H,4,7,9H2,1-3H3. The summed E-state index contributed by atoms with van der Waals surface area (Å²) in [6.07, 6.45) is 2.32. The summed E-state index contributed by atoms with van der Waals surface area (Å²) in [4.78, 5) is 28.8. The van der Waals surface area contributed by atoms with Crippen molar-refractivity contribution in [3.05, 3.63) is 34.2 Å². The third-order valence-corrected chi connectivity index (χ3v) is 3.40. The first-order valence-corrected chi connectivity index (χ1v) is 7.35. The van der Waals surface area contributed by atoms with Gasteiger partial charge in [0.1, 0.15) is 11.4 Å². The number of rotatable bonds is 5. The number of hydrogen-bond acceptors (Lipinski definition) is 5. The predicted molar refractivity (Wildman–Crippen MR) is 83.1 cm³/mol. The maximum atomic E-state index is 12.6. The maximum absolute atomic E-state index is 12.6. The highest BCUT2D eigenvalue weighted by Crippen LogP contribution is 2.25. The van der Waals surface area contributed by atoms with Gasteiger partial charge < -0.3 is 9.84 Å². The van der Waals surface area contributed by atoms with Crippen LogP contribution in [0, 0.1) is 5.92 Å². The summed E-state index contributed by atoms with van der Waals surface area (Å²) in [5.74, 6) is -0.785. The lowest BCUT2D eigenvalue weighted by molar-refractivity contribution is 0.0520. The zero-order valence-electron chi connectivity index (χ0n) is 13.0. The van der Waals surface area contributed by atoms with Crippen molar-refractivity contribution < 1.29 is 14.6 Å². The second kappa shape index (κ2) is 6.60. The first-order chi connectivity index (χ1) is 10.5. The van der Waals surface area contributed by atoms with Crippen LogP contribution in [0.5, 0.6) is 5.75 Å². The van der Waals surface area contributed by atoms with E-state index >= 15 is 0 Å². The number of aryl methyl sites for hydroxylation is 1. The molecule has 118 valence electrons. The highest BCUT2D eigenvalue weighted by Gasteiger charge is 2.23. The molecule has 2 rings (SSSR count). The van der Waals surface area contributed by atoms with Crippen molar-refractivity contribution in [3.8, 4) is 5.75 Å². The molecule has 0 spiro atoms. The van der Waals surface area contributed by atoms with Gasteiger partial charge in [0.05, 0.1) is 12.0 Å². The van der Waals surface area contributed by atoms with Crippen LogP contribution in [0.1, 0.15) is 37.6 Å². The molecule has 6 nitrogen and oxygen atoms in total. The van der Waals surface area contributed by atoms with Gasteiger partial charge in [-0.25, -0.2) is 9.78 Å². The van der Waals surface area contributed by atoms with E-state index in [2.05, 4.69) is 4.98 Å². The Morgan fingerprint density at radius 2 is 2.18 bits per heavy atom. The Morgan fingerprint density at radius 1 is 1.45 bits per heavy atom. The number of ether oxygens (including phenoxy) is 1.